The van der Waals surface area contributed by atoms with Crippen LogP contribution in [0.2, 0.25) is 0 Å². The Morgan fingerprint density at radius 1 is 1.11 bits per heavy atom. The summed E-state index contributed by atoms with van der Waals surface area (Å²) in [6, 6.07) is 11.3. The summed E-state index contributed by atoms with van der Waals surface area (Å²) >= 11 is 0. The molecule has 1 atom stereocenters. The maximum Gasteiger partial charge on any atom is 0.206 e. The van der Waals surface area contributed by atoms with Crippen LogP contribution in [0.25, 0.3) is 11.3 Å². The van der Waals surface area contributed by atoms with Gasteiger partial charge in [-0.05, 0) is 43.0 Å². The van der Waals surface area contributed by atoms with Crippen LogP contribution in [-0.2, 0) is 4.74 Å². The van der Waals surface area contributed by atoms with Crippen molar-refractivity contribution in [3.63, 3.8) is 0 Å². The minimum atomic E-state index is 0.163. The topological polar surface area (TPSA) is 126 Å². The highest BCUT2D eigenvalue weighted by Gasteiger charge is 2.20. The maximum absolute atomic E-state index is 10.2. The fraction of sp³-hybridized carbons (Fsp3) is 0.385. The van der Waals surface area contributed by atoms with Gasteiger partial charge in [0.15, 0.2) is 5.82 Å². The Balaban J connectivity index is 1.25. The minimum Gasteiger partial charge on any atom is -0.507 e. The molecule has 0 bridgehead atoms. The molecule has 2 aromatic heterocycles. The summed E-state index contributed by atoms with van der Waals surface area (Å²) in [6.45, 7) is 5.33. The summed E-state index contributed by atoms with van der Waals surface area (Å²) in [5.41, 5.74) is 8.25. The number of nitrogens with two attached hydrogens (primary N) is 1. The van der Waals surface area contributed by atoms with E-state index in [2.05, 4.69) is 47.1 Å². The van der Waals surface area contributed by atoms with Crippen molar-refractivity contribution >= 4 is 17.3 Å². The zero-order valence-electron chi connectivity index (χ0n) is 20.1. The quantitative estimate of drug-likeness (QED) is 0.459. The lowest BCUT2D eigenvalue weighted by atomic mass is 10.1. The van der Waals surface area contributed by atoms with Gasteiger partial charge in [0.2, 0.25) is 5.82 Å². The summed E-state index contributed by atoms with van der Waals surface area (Å²) in [5.74, 6) is 8.11. The first-order chi connectivity index (χ1) is 17.7. The number of phenols is 1. The van der Waals surface area contributed by atoms with Gasteiger partial charge in [-0.2, -0.15) is 0 Å². The Labute approximate surface area is 210 Å². The van der Waals surface area contributed by atoms with Crippen molar-refractivity contribution in [3.05, 3.63) is 48.4 Å². The molecule has 36 heavy (non-hydrogen) atoms. The van der Waals surface area contributed by atoms with Gasteiger partial charge in [0.1, 0.15) is 11.6 Å². The second-order valence-corrected chi connectivity index (χ2v) is 8.83. The van der Waals surface area contributed by atoms with Crippen LogP contribution in [0.15, 0.2) is 42.6 Å². The molecular formula is C26H30N8O2. The summed E-state index contributed by atoms with van der Waals surface area (Å²) in [4.78, 5) is 13.5. The van der Waals surface area contributed by atoms with Crippen LogP contribution in [0.5, 0.6) is 5.75 Å². The first-order valence-electron chi connectivity index (χ1n) is 12.2. The van der Waals surface area contributed by atoms with Gasteiger partial charge in [0.25, 0.3) is 0 Å². The predicted molar refractivity (Wildman–Crippen MR) is 139 cm³/mol. The molecule has 1 aromatic carbocycles. The SMILES string of the molecule is Nc1nnc(-c2ccccc2O)cc1N1CCCN(c2ccnc(C#CCN[C@H]3CCOC3)n2)CC1. The normalized spacial score (nSPS) is 17.9. The summed E-state index contributed by atoms with van der Waals surface area (Å²) < 4.78 is 5.37. The van der Waals surface area contributed by atoms with E-state index in [-0.39, 0.29) is 5.75 Å². The molecule has 10 nitrogen and oxygen atoms in total. The van der Waals surface area contributed by atoms with Gasteiger partial charge in [0.05, 0.1) is 24.5 Å². The molecule has 0 spiro atoms. The Morgan fingerprint density at radius 3 is 2.83 bits per heavy atom. The average molecular weight is 487 g/mol. The van der Waals surface area contributed by atoms with E-state index < -0.39 is 0 Å². The largest absolute Gasteiger partial charge is 0.507 e. The summed E-state index contributed by atoms with van der Waals surface area (Å²) in [7, 11) is 0. The molecule has 0 amide bonds. The Kier molecular flexibility index (Phi) is 7.40. The Bertz CT molecular complexity index is 1250. The van der Waals surface area contributed by atoms with Crippen molar-refractivity contribution in [3.8, 4) is 28.8 Å². The van der Waals surface area contributed by atoms with Crippen molar-refractivity contribution < 1.29 is 9.84 Å². The second kappa shape index (κ2) is 11.2. The number of nitrogen functional groups attached to an aromatic ring is 1. The molecule has 0 saturated carbocycles. The molecule has 2 aliphatic rings. The molecule has 5 rings (SSSR count). The van der Waals surface area contributed by atoms with Gasteiger partial charge in [-0.15, -0.1) is 10.2 Å². The third-order valence-electron chi connectivity index (χ3n) is 6.39. The van der Waals surface area contributed by atoms with Crippen molar-refractivity contribution in [1.82, 2.24) is 25.5 Å². The fourth-order valence-corrected chi connectivity index (χ4v) is 4.45. The third-order valence-corrected chi connectivity index (χ3v) is 6.39. The number of aromatic hydroxyl groups is 1. The molecule has 0 unspecified atom stereocenters. The molecular weight excluding hydrogens is 456 g/mol. The molecule has 0 aliphatic carbocycles. The number of benzene rings is 1. The lowest BCUT2D eigenvalue weighted by Gasteiger charge is -2.25. The average Bonchev–Trinajstić information content (AvgIpc) is 3.30. The lowest BCUT2D eigenvalue weighted by molar-refractivity contribution is 0.190. The molecule has 2 fully saturated rings. The number of hydrogen-bond donors (Lipinski definition) is 3. The first-order valence-corrected chi connectivity index (χ1v) is 12.2. The molecule has 4 heterocycles. The van der Waals surface area contributed by atoms with Gasteiger partial charge in [-0.25, -0.2) is 9.97 Å². The molecule has 4 N–H and O–H groups in total. The van der Waals surface area contributed by atoms with E-state index >= 15 is 0 Å². The Morgan fingerprint density at radius 2 is 1.97 bits per heavy atom. The minimum absolute atomic E-state index is 0.163. The zero-order chi connectivity index (χ0) is 24.7. The van der Waals surface area contributed by atoms with Gasteiger partial charge in [-0.1, -0.05) is 18.1 Å². The molecule has 10 heteroatoms. The van der Waals surface area contributed by atoms with E-state index in [9.17, 15) is 5.11 Å². The van der Waals surface area contributed by atoms with Gasteiger partial charge >= 0.3 is 0 Å². The molecule has 0 radical (unpaired) electrons. The molecule has 186 valence electrons. The van der Waals surface area contributed by atoms with E-state index in [0.717, 1.165) is 63.7 Å². The van der Waals surface area contributed by atoms with E-state index in [4.69, 9.17) is 10.5 Å². The van der Waals surface area contributed by atoms with Crippen LogP contribution in [0.3, 0.4) is 0 Å². The number of nitrogens with one attached hydrogen (secondary N) is 1. The number of para-hydroxylation sites is 1. The van der Waals surface area contributed by atoms with Gasteiger partial charge in [-0.3, -0.25) is 0 Å². The first kappa shape index (κ1) is 23.8. The van der Waals surface area contributed by atoms with Crippen molar-refractivity contribution in [2.75, 3.05) is 61.5 Å². The van der Waals surface area contributed by atoms with Crippen molar-refractivity contribution in [2.24, 2.45) is 0 Å². The zero-order valence-corrected chi connectivity index (χ0v) is 20.1. The van der Waals surface area contributed by atoms with Gasteiger partial charge < -0.3 is 30.7 Å². The maximum atomic E-state index is 10.2. The van der Waals surface area contributed by atoms with E-state index in [0.29, 0.717) is 35.5 Å². The molecule has 2 aliphatic heterocycles. The molecule has 2 saturated heterocycles. The van der Waals surface area contributed by atoms with Crippen LogP contribution >= 0.6 is 0 Å². The van der Waals surface area contributed by atoms with Crippen LogP contribution in [0.4, 0.5) is 17.3 Å². The lowest BCUT2D eigenvalue weighted by Crippen LogP contribution is -2.31. The van der Waals surface area contributed by atoms with E-state index in [1.807, 2.05) is 24.3 Å². The summed E-state index contributed by atoms with van der Waals surface area (Å²) in [5, 5.41) is 22.0. The second-order valence-electron chi connectivity index (χ2n) is 8.83. The summed E-state index contributed by atoms with van der Waals surface area (Å²) in [6.07, 6.45) is 3.71. The van der Waals surface area contributed by atoms with Crippen LogP contribution < -0.4 is 20.9 Å². The standard InChI is InChI=1S/C26H30N8O2/c27-26-22(17-21(31-32-26)20-5-1-2-6-23(20)35)33-12-4-13-34(15-14-33)25-8-11-29-24(30-25)7-3-10-28-19-9-16-36-18-19/h1-2,5-6,8,11,17,19,28,35H,4,9-10,12-16,18H2,(H2,27,32)/t19-/m0/s1. The number of anilines is 3. The number of phenolic OH excluding ortho intramolecular Hbond substituents is 1. The highest BCUT2D eigenvalue weighted by atomic mass is 16.5. The molecule has 3 aromatic rings. The van der Waals surface area contributed by atoms with E-state index in [1.165, 1.54) is 0 Å². The third kappa shape index (κ3) is 5.64. The van der Waals surface area contributed by atoms with Crippen molar-refractivity contribution in [1.29, 1.82) is 0 Å². The van der Waals surface area contributed by atoms with E-state index in [1.54, 1.807) is 18.3 Å². The smallest absolute Gasteiger partial charge is 0.206 e. The number of ether oxygens (including phenoxy) is 1. The van der Waals surface area contributed by atoms with Crippen LogP contribution in [0, 0.1) is 11.8 Å². The van der Waals surface area contributed by atoms with Gasteiger partial charge in [0, 0.05) is 50.6 Å². The van der Waals surface area contributed by atoms with Crippen molar-refractivity contribution in [2.45, 2.75) is 18.9 Å². The van der Waals surface area contributed by atoms with Crippen LogP contribution in [-0.4, -0.2) is 77.3 Å². The Hall–Kier alpha value is -3.94. The number of hydrogen-bond acceptors (Lipinski definition) is 10. The van der Waals surface area contributed by atoms with Crippen LogP contribution in [0.1, 0.15) is 18.7 Å². The highest BCUT2D eigenvalue weighted by Crippen LogP contribution is 2.31. The number of nitrogens with zero attached hydrogens (tertiary/aromatic N) is 6. The monoisotopic (exact) mass is 486 g/mol. The highest BCUT2D eigenvalue weighted by molar-refractivity contribution is 5.74. The fourth-order valence-electron chi connectivity index (χ4n) is 4.45. The number of rotatable bonds is 5. The number of aromatic nitrogens is 4. The predicted octanol–water partition coefficient (Wildman–Crippen LogP) is 1.67.